The van der Waals surface area contributed by atoms with Crippen molar-refractivity contribution in [1.29, 1.82) is 0 Å². The van der Waals surface area contributed by atoms with Gasteiger partial charge in [-0.05, 0) is 25.6 Å². The standard InChI is InChI=1S/C12H16N2O/c1-13-9-11-7-8-14(11)12(15)10-5-3-2-4-6-10/h2-6,11,13H,7-9H2,1H3. The molecule has 1 aromatic carbocycles. The molecule has 1 atom stereocenters. The number of carbonyl (C=O) groups is 1. The van der Waals surface area contributed by atoms with Crippen molar-refractivity contribution >= 4 is 5.91 Å². The van der Waals surface area contributed by atoms with Crippen molar-refractivity contribution in [2.75, 3.05) is 20.1 Å². The van der Waals surface area contributed by atoms with E-state index in [-0.39, 0.29) is 5.91 Å². The van der Waals surface area contributed by atoms with Crippen molar-refractivity contribution in [3.63, 3.8) is 0 Å². The number of rotatable bonds is 3. The normalized spacial score (nSPS) is 19.8. The molecule has 1 fully saturated rings. The van der Waals surface area contributed by atoms with Gasteiger partial charge in [0, 0.05) is 24.7 Å². The summed E-state index contributed by atoms with van der Waals surface area (Å²) in [6, 6.07) is 9.86. The summed E-state index contributed by atoms with van der Waals surface area (Å²) in [5.41, 5.74) is 0.790. The van der Waals surface area contributed by atoms with Crippen molar-refractivity contribution in [2.45, 2.75) is 12.5 Å². The van der Waals surface area contributed by atoms with Crippen LogP contribution in [0.4, 0.5) is 0 Å². The number of likely N-dealkylation sites (N-methyl/N-ethyl adjacent to an activating group) is 1. The van der Waals surface area contributed by atoms with Gasteiger partial charge in [0.2, 0.25) is 0 Å². The second kappa shape index (κ2) is 4.45. The van der Waals surface area contributed by atoms with Gasteiger partial charge in [0.05, 0.1) is 0 Å². The molecule has 80 valence electrons. The molecular formula is C12H16N2O. The molecule has 1 heterocycles. The number of nitrogens with zero attached hydrogens (tertiary/aromatic N) is 1. The lowest BCUT2D eigenvalue weighted by Crippen LogP contribution is -2.54. The number of amides is 1. The highest BCUT2D eigenvalue weighted by atomic mass is 16.2. The van der Waals surface area contributed by atoms with E-state index in [0.717, 1.165) is 25.1 Å². The lowest BCUT2D eigenvalue weighted by molar-refractivity contribution is 0.0468. The fourth-order valence-electron chi connectivity index (χ4n) is 1.90. The Hall–Kier alpha value is -1.35. The van der Waals surface area contributed by atoms with Crippen LogP contribution in [-0.4, -0.2) is 37.0 Å². The molecule has 1 unspecified atom stereocenters. The third-order valence-corrected chi connectivity index (χ3v) is 2.87. The van der Waals surface area contributed by atoms with Gasteiger partial charge < -0.3 is 10.2 Å². The Morgan fingerprint density at radius 2 is 2.20 bits per heavy atom. The third kappa shape index (κ3) is 2.02. The molecule has 1 aliphatic rings. The maximum Gasteiger partial charge on any atom is 0.254 e. The zero-order valence-electron chi connectivity index (χ0n) is 8.94. The van der Waals surface area contributed by atoms with E-state index in [2.05, 4.69) is 5.32 Å². The van der Waals surface area contributed by atoms with Crippen LogP contribution in [0, 0.1) is 0 Å². The number of hydrogen-bond acceptors (Lipinski definition) is 2. The molecule has 0 aromatic heterocycles. The fraction of sp³-hybridized carbons (Fsp3) is 0.417. The summed E-state index contributed by atoms with van der Waals surface area (Å²) in [7, 11) is 1.92. The molecule has 2 rings (SSSR count). The quantitative estimate of drug-likeness (QED) is 0.800. The van der Waals surface area contributed by atoms with Gasteiger partial charge in [-0.3, -0.25) is 4.79 Å². The molecule has 0 saturated carbocycles. The number of hydrogen-bond donors (Lipinski definition) is 1. The van der Waals surface area contributed by atoms with Gasteiger partial charge in [-0.2, -0.15) is 0 Å². The van der Waals surface area contributed by atoms with E-state index in [1.807, 2.05) is 42.3 Å². The van der Waals surface area contributed by atoms with Crippen LogP contribution in [0.5, 0.6) is 0 Å². The van der Waals surface area contributed by atoms with E-state index in [4.69, 9.17) is 0 Å². The molecular weight excluding hydrogens is 188 g/mol. The highest BCUT2D eigenvalue weighted by Gasteiger charge is 2.31. The van der Waals surface area contributed by atoms with E-state index in [1.165, 1.54) is 0 Å². The SMILES string of the molecule is CNCC1CCN1C(=O)c1ccccc1. The van der Waals surface area contributed by atoms with Crippen LogP contribution in [0.3, 0.4) is 0 Å². The van der Waals surface area contributed by atoms with Crippen LogP contribution in [0.2, 0.25) is 0 Å². The zero-order chi connectivity index (χ0) is 10.7. The van der Waals surface area contributed by atoms with Gasteiger partial charge in [0.1, 0.15) is 0 Å². The van der Waals surface area contributed by atoms with Crippen LogP contribution in [0.25, 0.3) is 0 Å². The summed E-state index contributed by atoms with van der Waals surface area (Å²) in [5.74, 6) is 0.155. The molecule has 0 radical (unpaired) electrons. The average Bonchev–Trinajstić information content (AvgIpc) is 2.25. The highest BCUT2D eigenvalue weighted by Crippen LogP contribution is 2.19. The topological polar surface area (TPSA) is 32.3 Å². The van der Waals surface area contributed by atoms with Crippen LogP contribution in [0.15, 0.2) is 30.3 Å². The van der Waals surface area contributed by atoms with Gasteiger partial charge in [-0.15, -0.1) is 0 Å². The maximum absolute atomic E-state index is 12.0. The smallest absolute Gasteiger partial charge is 0.254 e. The van der Waals surface area contributed by atoms with Crippen LogP contribution >= 0.6 is 0 Å². The minimum absolute atomic E-state index is 0.155. The second-order valence-corrected chi connectivity index (χ2v) is 3.86. The van der Waals surface area contributed by atoms with Gasteiger partial charge in [-0.1, -0.05) is 18.2 Å². The first-order valence-corrected chi connectivity index (χ1v) is 5.33. The monoisotopic (exact) mass is 204 g/mol. The fourth-order valence-corrected chi connectivity index (χ4v) is 1.90. The molecule has 0 aliphatic carbocycles. The van der Waals surface area contributed by atoms with Gasteiger partial charge in [0.25, 0.3) is 5.91 Å². The zero-order valence-corrected chi connectivity index (χ0v) is 8.94. The van der Waals surface area contributed by atoms with E-state index in [1.54, 1.807) is 0 Å². The number of benzene rings is 1. The summed E-state index contributed by atoms with van der Waals surface area (Å²) < 4.78 is 0. The predicted molar refractivity (Wildman–Crippen MR) is 59.8 cm³/mol. The second-order valence-electron chi connectivity index (χ2n) is 3.86. The van der Waals surface area contributed by atoms with Crippen LogP contribution < -0.4 is 5.32 Å². The average molecular weight is 204 g/mol. The summed E-state index contributed by atoms with van der Waals surface area (Å²) in [6.07, 6.45) is 1.11. The lowest BCUT2D eigenvalue weighted by Gasteiger charge is -2.41. The summed E-state index contributed by atoms with van der Waals surface area (Å²) >= 11 is 0. The van der Waals surface area contributed by atoms with Crippen molar-refractivity contribution in [3.8, 4) is 0 Å². The molecule has 1 aliphatic heterocycles. The molecule has 1 aromatic rings. The first-order chi connectivity index (χ1) is 7.33. The Morgan fingerprint density at radius 3 is 2.73 bits per heavy atom. The first kappa shape index (κ1) is 10.2. The molecule has 1 saturated heterocycles. The Labute approximate surface area is 90.1 Å². The largest absolute Gasteiger partial charge is 0.334 e. The molecule has 0 bridgehead atoms. The van der Waals surface area contributed by atoms with Crippen LogP contribution in [-0.2, 0) is 0 Å². The lowest BCUT2D eigenvalue weighted by atomic mass is 10.0. The van der Waals surface area contributed by atoms with Crippen molar-refractivity contribution in [3.05, 3.63) is 35.9 Å². The Bertz CT molecular complexity index is 337. The Kier molecular flexibility index (Phi) is 3.02. The van der Waals surface area contributed by atoms with E-state index in [9.17, 15) is 4.79 Å². The summed E-state index contributed by atoms with van der Waals surface area (Å²) in [4.78, 5) is 13.9. The number of carbonyl (C=O) groups excluding carboxylic acids is 1. The molecule has 3 heteroatoms. The van der Waals surface area contributed by atoms with E-state index < -0.39 is 0 Å². The van der Waals surface area contributed by atoms with E-state index in [0.29, 0.717) is 6.04 Å². The Balaban J connectivity index is 2.03. The molecule has 0 spiro atoms. The number of likely N-dealkylation sites (tertiary alicyclic amines) is 1. The molecule has 1 amide bonds. The Morgan fingerprint density at radius 1 is 1.47 bits per heavy atom. The molecule has 1 N–H and O–H groups in total. The van der Waals surface area contributed by atoms with Gasteiger partial charge in [-0.25, -0.2) is 0 Å². The summed E-state index contributed by atoms with van der Waals surface area (Å²) in [5, 5.41) is 3.11. The highest BCUT2D eigenvalue weighted by molar-refractivity contribution is 5.94. The minimum atomic E-state index is 0.155. The van der Waals surface area contributed by atoms with Crippen molar-refractivity contribution in [1.82, 2.24) is 10.2 Å². The minimum Gasteiger partial charge on any atom is -0.334 e. The predicted octanol–water partition coefficient (Wildman–Crippen LogP) is 1.12. The molecule has 3 nitrogen and oxygen atoms in total. The van der Waals surface area contributed by atoms with Gasteiger partial charge >= 0.3 is 0 Å². The van der Waals surface area contributed by atoms with E-state index >= 15 is 0 Å². The molecule has 15 heavy (non-hydrogen) atoms. The summed E-state index contributed by atoms with van der Waals surface area (Å²) in [6.45, 7) is 1.78. The maximum atomic E-state index is 12.0. The third-order valence-electron chi connectivity index (χ3n) is 2.87. The number of nitrogens with one attached hydrogen (secondary N) is 1. The van der Waals surface area contributed by atoms with Crippen LogP contribution in [0.1, 0.15) is 16.8 Å². The van der Waals surface area contributed by atoms with Crippen molar-refractivity contribution < 1.29 is 4.79 Å². The van der Waals surface area contributed by atoms with Gasteiger partial charge in [0.15, 0.2) is 0 Å². The van der Waals surface area contributed by atoms with Crippen molar-refractivity contribution in [2.24, 2.45) is 0 Å². The first-order valence-electron chi connectivity index (χ1n) is 5.33.